The van der Waals surface area contributed by atoms with Gasteiger partial charge in [0.05, 0.1) is 12.4 Å². The maximum Gasteiger partial charge on any atom is 0.255 e. The Morgan fingerprint density at radius 3 is 2.34 bits per heavy atom. The Morgan fingerprint density at radius 2 is 1.76 bits per heavy atom. The number of aryl methyl sites for hydroxylation is 1. The van der Waals surface area contributed by atoms with Gasteiger partial charge in [-0.25, -0.2) is 0 Å². The summed E-state index contributed by atoms with van der Waals surface area (Å²) in [4.78, 5) is 25.5. The molecule has 3 aromatic rings. The predicted molar refractivity (Wildman–Crippen MR) is 113 cm³/mol. The quantitative estimate of drug-likeness (QED) is 0.561. The lowest BCUT2D eigenvalue weighted by Gasteiger charge is -2.11. The topological polar surface area (TPSA) is 93.5 Å². The van der Waals surface area contributed by atoms with Crippen molar-refractivity contribution < 1.29 is 18.8 Å². The van der Waals surface area contributed by atoms with Gasteiger partial charge in [0.2, 0.25) is 5.91 Å². The fraction of sp³-hybridized carbons (Fsp3) is 0.190. The Hall–Kier alpha value is -3.26. The zero-order valence-electron chi connectivity index (χ0n) is 16.3. The number of hydrogen-bond acceptors (Lipinski definition) is 6. The van der Waals surface area contributed by atoms with Crippen LogP contribution in [0.2, 0.25) is 0 Å². The highest BCUT2D eigenvalue weighted by molar-refractivity contribution is 8.00. The highest BCUT2D eigenvalue weighted by atomic mass is 32.2. The number of amides is 2. The number of hydrogen-bond donors (Lipinski definition) is 2. The second-order valence-corrected chi connectivity index (χ2v) is 7.69. The number of rotatable bonds is 7. The minimum Gasteiger partial charge on any atom is -0.497 e. The number of methoxy groups -OCH3 is 1. The van der Waals surface area contributed by atoms with E-state index < -0.39 is 0 Å². The van der Waals surface area contributed by atoms with Crippen LogP contribution in [0.25, 0.3) is 0 Å². The molecule has 0 aliphatic rings. The number of thioether (sulfide) groups is 1. The molecule has 1 heterocycles. The van der Waals surface area contributed by atoms with Crippen LogP contribution in [-0.2, 0) is 4.79 Å². The number of anilines is 2. The first-order valence-electron chi connectivity index (χ1n) is 8.91. The number of nitrogens with one attached hydrogen (secondary N) is 2. The van der Waals surface area contributed by atoms with E-state index in [0.717, 1.165) is 4.90 Å². The van der Waals surface area contributed by atoms with Crippen molar-refractivity contribution in [1.29, 1.82) is 0 Å². The van der Waals surface area contributed by atoms with E-state index in [1.165, 1.54) is 11.8 Å². The van der Waals surface area contributed by atoms with Crippen LogP contribution in [0.3, 0.4) is 0 Å². The molecule has 7 nitrogen and oxygen atoms in total. The van der Waals surface area contributed by atoms with Crippen molar-refractivity contribution in [2.75, 3.05) is 17.7 Å². The first-order valence-corrected chi connectivity index (χ1v) is 9.79. The standard InChI is InChI=1S/C21H21N3O4S/c1-13-12-19(24-28-13)23-20(25)14(2)29-18-10-6-16(7-11-18)22-21(26)15-4-8-17(27-3)9-5-15/h4-12,14H,1-3H3,(H,22,26)(H,23,24,25). The van der Waals surface area contributed by atoms with E-state index in [1.54, 1.807) is 56.5 Å². The largest absolute Gasteiger partial charge is 0.497 e. The van der Waals surface area contributed by atoms with E-state index in [4.69, 9.17) is 9.26 Å². The molecule has 0 saturated heterocycles. The first kappa shape index (κ1) is 20.5. The highest BCUT2D eigenvalue weighted by Gasteiger charge is 2.16. The summed E-state index contributed by atoms with van der Waals surface area (Å²) in [6.45, 7) is 3.57. The fourth-order valence-corrected chi connectivity index (χ4v) is 3.34. The van der Waals surface area contributed by atoms with Gasteiger partial charge in [0.25, 0.3) is 5.91 Å². The highest BCUT2D eigenvalue weighted by Crippen LogP contribution is 2.26. The lowest BCUT2D eigenvalue weighted by atomic mass is 10.2. The smallest absolute Gasteiger partial charge is 0.255 e. The number of nitrogens with zero attached hydrogens (tertiary/aromatic N) is 1. The Bertz CT molecular complexity index is 984. The predicted octanol–water partition coefficient (Wildman–Crippen LogP) is 4.36. The third-order valence-corrected chi connectivity index (χ3v) is 5.14. The maximum absolute atomic E-state index is 12.3. The van der Waals surface area contributed by atoms with Crippen molar-refractivity contribution in [2.24, 2.45) is 0 Å². The van der Waals surface area contributed by atoms with Gasteiger partial charge >= 0.3 is 0 Å². The molecule has 0 aliphatic carbocycles. The zero-order chi connectivity index (χ0) is 20.8. The Kier molecular flexibility index (Phi) is 6.56. The van der Waals surface area contributed by atoms with Crippen molar-refractivity contribution in [2.45, 2.75) is 24.0 Å². The van der Waals surface area contributed by atoms with E-state index in [0.29, 0.717) is 28.6 Å². The monoisotopic (exact) mass is 411 g/mol. The molecule has 2 N–H and O–H groups in total. The average molecular weight is 411 g/mol. The lowest BCUT2D eigenvalue weighted by Crippen LogP contribution is -2.22. The molecule has 29 heavy (non-hydrogen) atoms. The van der Waals surface area contributed by atoms with Crippen molar-refractivity contribution >= 4 is 35.1 Å². The SMILES string of the molecule is COc1ccc(C(=O)Nc2ccc(SC(C)C(=O)Nc3cc(C)on3)cc2)cc1. The summed E-state index contributed by atoms with van der Waals surface area (Å²) in [6, 6.07) is 15.9. The molecule has 1 atom stereocenters. The van der Waals surface area contributed by atoms with Crippen LogP contribution < -0.4 is 15.4 Å². The van der Waals surface area contributed by atoms with Crippen molar-refractivity contribution in [3.05, 3.63) is 65.9 Å². The van der Waals surface area contributed by atoms with Crippen LogP contribution in [0, 0.1) is 6.92 Å². The van der Waals surface area contributed by atoms with Crippen LogP contribution in [0.5, 0.6) is 5.75 Å². The van der Waals surface area contributed by atoms with E-state index >= 15 is 0 Å². The Labute approximate surface area is 172 Å². The summed E-state index contributed by atoms with van der Waals surface area (Å²) in [5, 5.41) is 8.99. The maximum atomic E-state index is 12.3. The minimum absolute atomic E-state index is 0.166. The van der Waals surface area contributed by atoms with Gasteiger partial charge in [-0.2, -0.15) is 0 Å². The van der Waals surface area contributed by atoms with Gasteiger partial charge in [-0.1, -0.05) is 5.16 Å². The molecule has 150 valence electrons. The summed E-state index contributed by atoms with van der Waals surface area (Å²) in [5.74, 6) is 1.35. The number of ether oxygens (including phenoxy) is 1. The third-order valence-electron chi connectivity index (χ3n) is 4.03. The van der Waals surface area contributed by atoms with Crippen molar-refractivity contribution in [3.63, 3.8) is 0 Å². The van der Waals surface area contributed by atoms with Crippen LogP contribution in [0.1, 0.15) is 23.0 Å². The fourth-order valence-electron chi connectivity index (χ4n) is 2.47. The van der Waals surface area contributed by atoms with Gasteiger partial charge in [0.15, 0.2) is 5.82 Å². The van der Waals surface area contributed by atoms with Crippen molar-refractivity contribution in [1.82, 2.24) is 5.16 Å². The van der Waals surface area contributed by atoms with Gasteiger partial charge < -0.3 is 19.9 Å². The molecule has 1 aromatic heterocycles. The summed E-state index contributed by atoms with van der Waals surface area (Å²) in [7, 11) is 1.58. The molecule has 0 fully saturated rings. The van der Waals surface area contributed by atoms with E-state index in [2.05, 4.69) is 15.8 Å². The van der Waals surface area contributed by atoms with Gasteiger partial charge in [-0.05, 0) is 62.4 Å². The molecule has 2 aromatic carbocycles. The molecular weight excluding hydrogens is 390 g/mol. The van der Waals surface area contributed by atoms with Gasteiger partial charge in [-0.3, -0.25) is 9.59 Å². The molecule has 0 saturated carbocycles. The molecule has 1 unspecified atom stereocenters. The second-order valence-electron chi connectivity index (χ2n) is 6.28. The van der Waals surface area contributed by atoms with Crippen LogP contribution in [-0.4, -0.2) is 29.3 Å². The molecule has 2 amide bonds. The summed E-state index contributed by atoms with van der Waals surface area (Å²) < 4.78 is 10.0. The van der Waals surface area contributed by atoms with E-state index in [1.807, 2.05) is 19.1 Å². The normalized spacial score (nSPS) is 11.6. The lowest BCUT2D eigenvalue weighted by molar-refractivity contribution is -0.115. The summed E-state index contributed by atoms with van der Waals surface area (Å²) >= 11 is 1.41. The molecule has 0 radical (unpaired) electrons. The number of carbonyl (C=O) groups is 2. The second kappa shape index (κ2) is 9.29. The Morgan fingerprint density at radius 1 is 1.07 bits per heavy atom. The average Bonchev–Trinajstić information content (AvgIpc) is 3.14. The Balaban J connectivity index is 1.54. The molecule has 8 heteroatoms. The first-order chi connectivity index (χ1) is 13.9. The molecule has 0 bridgehead atoms. The van der Waals surface area contributed by atoms with Crippen LogP contribution in [0.15, 0.2) is 64.0 Å². The van der Waals surface area contributed by atoms with Crippen molar-refractivity contribution in [3.8, 4) is 5.75 Å². The van der Waals surface area contributed by atoms with Crippen LogP contribution in [0.4, 0.5) is 11.5 Å². The van der Waals surface area contributed by atoms with Gasteiger partial charge in [0.1, 0.15) is 11.5 Å². The van der Waals surface area contributed by atoms with E-state index in [-0.39, 0.29) is 17.1 Å². The minimum atomic E-state index is -0.327. The van der Waals surface area contributed by atoms with Gasteiger partial charge in [0, 0.05) is 22.2 Å². The zero-order valence-corrected chi connectivity index (χ0v) is 17.1. The van der Waals surface area contributed by atoms with E-state index in [9.17, 15) is 9.59 Å². The number of benzene rings is 2. The number of aromatic nitrogens is 1. The molecule has 0 spiro atoms. The number of carbonyl (C=O) groups excluding carboxylic acids is 2. The molecule has 0 aliphatic heterocycles. The van der Waals surface area contributed by atoms with Gasteiger partial charge in [-0.15, -0.1) is 11.8 Å². The summed E-state index contributed by atoms with van der Waals surface area (Å²) in [6.07, 6.45) is 0. The summed E-state index contributed by atoms with van der Waals surface area (Å²) in [5.41, 5.74) is 1.21. The van der Waals surface area contributed by atoms with Crippen LogP contribution >= 0.6 is 11.8 Å². The molecule has 3 rings (SSSR count). The third kappa shape index (κ3) is 5.61. The molecular formula is C21H21N3O4S.